The van der Waals surface area contributed by atoms with Crippen LogP contribution in [0, 0.1) is 0 Å². The first-order chi connectivity index (χ1) is 15.3. The Hall–Kier alpha value is -3.49. The van der Waals surface area contributed by atoms with E-state index in [1.807, 2.05) is 24.3 Å². The van der Waals surface area contributed by atoms with Crippen molar-refractivity contribution in [2.24, 2.45) is 0 Å². The number of aliphatic carboxylic acids is 1. The predicted molar refractivity (Wildman–Crippen MR) is 114 cm³/mol. The summed E-state index contributed by atoms with van der Waals surface area (Å²) in [6, 6.07) is 14.4. The first-order valence-corrected chi connectivity index (χ1v) is 10.2. The van der Waals surface area contributed by atoms with Crippen LogP contribution in [0.4, 0.5) is 18.9 Å². The fourth-order valence-corrected chi connectivity index (χ4v) is 3.16. The number of benzene rings is 2. The Bertz CT molecular complexity index is 1020. The largest absolute Gasteiger partial charge is 0.486 e. The van der Waals surface area contributed by atoms with E-state index in [9.17, 15) is 18.0 Å². The van der Waals surface area contributed by atoms with Crippen molar-refractivity contribution in [3.8, 4) is 11.4 Å². The van der Waals surface area contributed by atoms with E-state index < -0.39 is 17.8 Å². The number of anilines is 1. The van der Waals surface area contributed by atoms with Gasteiger partial charge in [-0.2, -0.15) is 13.2 Å². The molecule has 0 aliphatic rings. The highest BCUT2D eigenvalue weighted by Crippen LogP contribution is 2.30. The Morgan fingerprint density at radius 2 is 1.84 bits per heavy atom. The third kappa shape index (κ3) is 6.26. The number of hydrogen-bond donors (Lipinski definition) is 2. The van der Waals surface area contributed by atoms with Gasteiger partial charge in [-0.25, -0.2) is 4.98 Å². The van der Waals surface area contributed by atoms with Gasteiger partial charge in [-0.3, -0.25) is 4.79 Å². The highest BCUT2D eigenvalue weighted by Gasteiger charge is 2.33. The second-order valence-electron chi connectivity index (χ2n) is 7.25. The molecule has 1 unspecified atom stereocenters. The molecule has 0 aliphatic carbocycles. The number of hydrogen-bond acceptors (Lipinski definition) is 4. The molecular weight excluding hydrogens is 423 g/mol. The monoisotopic (exact) mass is 447 g/mol. The van der Waals surface area contributed by atoms with Crippen LogP contribution < -0.4 is 10.1 Å². The minimum atomic E-state index is -4.48. The van der Waals surface area contributed by atoms with Crippen molar-refractivity contribution in [3.05, 3.63) is 72.3 Å². The minimum absolute atomic E-state index is 0.0376. The molecular formula is C23H24F3N3O3. The van der Waals surface area contributed by atoms with Gasteiger partial charge in [-0.05, 0) is 48.4 Å². The third-order valence-electron chi connectivity index (χ3n) is 4.79. The number of halogens is 3. The molecule has 1 aromatic heterocycles. The molecule has 6 nitrogen and oxygen atoms in total. The summed E-state index contributed by atoms with van der Waals surface area (Å²) in [4.78, 5) is 14.0. The summed E-state index contributed by atoms with van der Waals surface area (Å²) in [5.74, 6) is -0.252. The number of carboxylic acid groups (broad SMARTS) is 1. The van der Waals surface area contributed by atoms with Crippen LogP contribution in [0.25, 0.3) is 5.69 Å². The Balaban J connectivity index is 1.67. The number of aromatic nitrogens is 2. The van der Waals surface area contributed by atoms with E-state index in [0.29, 0.717) is 18.0 Å². The SMILES string of the molecule is CCCC(Oc1ccc(-n2cnc(C(F)(F)F)c2)cc1)c1ccc(NCCC(=O)O)cc1. The first kappa shape index (κ1) is 23.2. The lowest BCUT2D eigenvalue weighted by atomic mass is 10.0. The smallest absolute Gasteiger partial charge is 0.434 e. The summed E-state index contributed by atoms with van der Waals surface area (Å²) in [6.45, 7) is 2.40. The van der Waals surface area contributed by atoms with Gasteiger partial charge >= 0.3 is 12.1 Å². The molecule has 2 aromatic carbocycles. The van der Waals surface area contributed by atoms with Crippen LogP contribution in [0.1, 0.15) is 43.5 Å². The van der Waals surface area contributed by atoms with E-state index in [4.69, 9.17) is 9.84 Å². The lowest BCUT2D eigenvalue weighted by Crippen LogP contribution is -2.09. The van der Waals surface area contributed by atoms with Crippen molar-refractivity contribution < 1.29 is 27.8 Å². The number of rotatable bonds is 10. The van der Waals surface area contributed by atoms with Crippen molar-refractivity contribution >= 4 is 11.7 Å². The van der Waals surface area contributed by atoms with Crippen LogP contribution in [0.3, 0.4) is 0 Å². The maximum Gasteiger partial charge on any atom is 0.434 e. The second-order valence-corrected chi connectivity index (χ2v) is 7.25. The number of carbonyl (C=O) groups is 1. The lowest BCUT2D eigenvalue weighted by molar-refractivity contribution is -0.141. The molecule has 1 atom stereocenters. The van der Waals surface area contributed by atoms with E-state index in [1.165, 1.54) is 4.57 Å². The van der Waals surface area contributed by atoms with Gasteiger partial charge in [0.15, 0.2) is 5.69 Å². The maximum absolute atomic E-state index is 12.8. The fraction of sp³-hybridized carbons (Fsp3) is 0.304. The fourth-order valence-electron chi connectivity index (χ4n) is 3.16. The van der Waals surface area contributed by atoms with Gasteiger partial charge < -0.3 is 19.7 Å². The van der Waals surface area contributed by atoms with Gasteiger partial charge in [0, 0.05) is 24.1 Å². The molecule has 2 N–H and O–H groups in total. The minimum Gasteiger partial charge on any atom is -0.486 e. The molecule has 0 bridgehead atoms. The molecule has 1 heterocycles. The number of ether oxygens (including phenoxy) is 1. The molecule has 3 rings (SSSR count). The average molecular weight is 447 g/mol. The summed E-state index contributed by atoms with van der Waals surface area (Å²) >= 11 is 0. The van der Waals surface area contributed by atoms with Crippen LogP contribution in [0.5, 0.6) is 5.75 Å². The zero-order valence-corrected chi connectivity index (χ0v) is 17.5. The van der Waals surface area contributed by atoms with E-state index >= 15 is 0 Å². The Morgan fingerprint density at radius 3 is 2.41 bits per heavy atom. The molecule has 0 aliphatic heterocycles. The molecule has 0 saturated heterocycles. The van der Waals surface area contributed by atoms with Crippen LogP contribution in [0.2, 0.25) is 0 Å². The Labute approximate surface area is 183 Å². The zero-order valence-electron chi connectivity index (χ0n) is 17.5. The molecule has 0 saturated carbocycles. The highest BCUT2D eigenvalue weighted by atomic mass is 19.4. The van der Waals surface area contributed by atoms with E-state index in [1.54, 1.807) is 24.3 Å². The summed E-state index contributed by atoms with van der Waals surface area (Å²) < 4.78 is 45.7. The van der Waals surface area contributed by atoms with Gasteiger partial charge in [0.2, 0.25) is 0 Å². The first-order valence-electron chi connectivity index (χ1n) is 10.2. The van der Waals surface area contributed by atoms with Crippen LogP contribution >= 0.6 is 0 Å². The molecule has 170 valence electrons. The van der Waals surface area contributed by atoms with E-state index in [0.717, 1.165) is 36.6 Å². The van der Waals surface area contributed by atoms with Gasteiger partial charge in [-0.15, -0.1) is 0 Å². The Morgan fingerprint density at radius 1 is 1.16 bits per heavy atom. The maximum atomic E-state index is 12.8. The molecule has 0 radical (unpaired) electrons. The second kappa shape index (κ2) is 10.2. The molecule has 32 heavy (non-hydrogen) atoms. The van der Waals surface area contributed by atoms with Gasteiger partial charge in [0.1, 0.15) is 11.9 Å². The number of imidazole rings is 1. The number of alkyl halides is 3. The summed E-state index contributed by atoms with van der Waals surface area (Å²) in [6.07, 6.45) is -0.879. The van der Waals surface area contributed by atoms with Gasteiger partial charge in [0.05, 0.1) is 12.7 Å². The molecule has 0 fully saturated rings. The topological polar surface area (TPSA) is 76.4 Å². The number of nitrogens with one attached hydrogen (secondary N) is 1. The average Bonchev–Trinajstić information content (AvgIpc) is 3.25. The summed E-state index contributed by atoms with van der Waals surface area (Å²) in [5, 5.41) is 11.8. The third-order valence-corrected chi connectivity index (χ3v) is 4.79. The summed E-state index contributed by atoms with van der Waals surface area (Å²) in [7, 11) is 0. The van der Waals surface area contributed by atoms with E-state index in [2.05, 4.69) is 17.2 Å². The molecule has 3 aromatic rings. The predicted octanol–water partition coefficient (Wildman–Crippen LogP) is 5.70. The van der Waals surface area contributed by atoms with E-state index in [-0.39, 0.29) is 12.5 Å². The number of nitrogens with zero attached hydrogens (tertiary/aromatic N) is 2. The summed E-state index contributed by atoms with van der Waals surface area (Å²) in [5.41, 5.74) is 1.41. The van der Waals surface area contributed by atoms with Crippen LogP contribution in [-0.4, -0.2) is 27.2 Å². The Kier molecular flexibility index (Phi) is 7.40. The van der Waals surface area contributed by atoms with Crippen LogP contribution in [-0.2, 0) is 11.0 Å². The molecule has 0 spiro atoms. The highest BCUT2D eigenvalue weighted by molar-refractivity contribution is 5.67. The normalized spacial score (nSPS) is 12.4. The van der Waals surface area contributed by atoms with Crippen molar-refractivity contribution in [2.75, 3.05) is 11.9 Å². The molecule has 0 amide bonds. The van der Waals surface area contributed by atoms with Crippen LogP contribution in [0.15, 0.2) is 61.1 Å². The quantitative estimate of drug-likeness (QED) is 0.417. The zero-order chi connectivity index (χ0) is 23.1. The molecule has 9 heteroatoms. The standard InChI is InChI=1S/C23H24F3N3O3/c1-2-3-20(16-4-6-17(7-5-16)27-13-12-22(30)31)32-19-10-8-18(9-11-19)29-14-21(28-15-29)23(24,25)26/h4-11,14-15,20,27H,2-3,12-13H2,1H3,(H,30,31). The van der Waals surface area contributed by atoms with Gasteiger partial charge in [-0.1, -0.05) is 25.5 Å². The van der Waals surface area contributed by atoms with Crippen molar-refractivity contribution in [1.82, 2.24) is 9.55 Å². The van der Waals surface area contributed by atoms with Crippen molar-refractivity contribution in [3.63, 3.8) is 0 Å². The van der Waals surface area contributed by atoms with Crippen molar-refractivity contribution in [2.45, 2.75) is 38.5 Å². The van der Waals surface area contributed by atoms with Crippen molar-refractivity contribution in [1.29, 1.82) is 0 Å². The number of carboxylic acids is 1. The lowest BCUT2D eigenvalue weighted by Gasteiger charge is -2.20. The van der Waals surface area contributed by atoms with Gasteiger partial charge in [0.25, 0.3) is 0 Å².